The van der Waals surface area contributed by atoms with Crippen molar-refractivity contribution in [2.45, 2.75) is 20.8 Å². The lowest BCUT2D eigenvalue weighted by Crippen LogP contribution is -1.87. The predicted octanol–water partition coefficient (Wildman–Crippen LogP) is 6.07. The summed E-state index contributed by atoms with van der Waals surface area (Å²) in [6.45, 7) is 6.58. The summed E-state index contributed by atoms with van der Waals surface area (Å²) in [5.74, 6) is 0. The quantitative estimate of drug-likeness (QED) is 0.340. The fraction of sp³-hybridized carbons (Fsp3) is 0.143. The van der Waals surface area contributed by atoms with E-state index in [4.69, 9.17) is 0 Å². The summed E-state index contributed by atoms with van der Waals surface area (Å²) in [5, 5.41) is 8.19. The van der Waals surface area contributed by atoms with Gasteiger partial charge in [-0.3, -0.25) is 0 Å². The minimum atomic E-state index is 1.32. The standard InChI is InChI=1S/C21H18/c1-13-8-9-19-20(10-13)15(3)12-16-11-14(2)17-6-4-5-7-18(17)21(16)19/h4-12H,1-3H3. The fourth-order valence-corrected chi connectivity index (χ4v) is 3.51. The van der Waals surface area contributed by atoms with Crippen molar-refractivity contribution in [1.82, 2.24) is 0 Å². The third-order valence-corrected chi connectivity index (χ3v) is 4.52. The van der Waals surface area contributed by atoms with E-state index in [9.17, 15) is 0 Å². The summed E-state index contributed by atoms with van der Waals surface area (Å²) >= 11 is 0. The Bertz CT molecular complexity index is 1010. The van der Waals surface area contributed by atoms with E-state index >= 15 is 0 Å². The first-order chi connectivity index (χ1) is 10.1. The van der Waals surface area contributed by atoms with Crippen molar-refractivity contribution in [1.29, 1.82) is 0 Å². The van der Waals surface area contributed by atoms with Crippen LogP contribution in [0.4, 0.5) is 0 Å². The Balaban J connectivity index is 2.37. The molecule has 0 saturated heterocycles. The molecule has 4 aromatic carbocycles. The Morgan fingerprint density at radius 3 is 1.95 bits per heavy atom. The normalized spacial score (nSPS) is 11.6. The van der Waals surface area contributed by atoms with Crippen molar-refractivity contribution in [3.63, 3.8) is 0 Å². The van der Waals surface area contributed by atoms with Gasteiger partial charge in [0.05, 0.1) is 0 Å². The van der Waals surface area contributed by atoms with Gasteiger partial charge in [0.1, 0.15) is 0 Å². The largest absolute Gasteiger partial charge is 0.0616 e. The van der Waals surface area contributed by atoms with Gasteiger partial charge in [0.2, 0.25) is 0 Å². The molecule has 0 aliphatic heterocycles. The van der Waals surface area contributed by atoms with Crippen molar-refractivity contribution in [3.8, 4) is 0 Å². The Morgan fingerprint density at radius 2 is 1.19 bits per heavy atom. The summed E-state index contributed by atoms with van der Waals surface area (Å²) in [6, 6.07) is 20.2. The molecule has 0 unspecified atom stereocenters. The molecule has 0 bridgehead atoms. The van der Waals surface area contributed by atoms with Gasteiger partial charge < -0.3 is 0 Å². The van der Waals surface area contributed by atoms with Crippen LogP contribution in [0.3, 0.4) is 0 Å². The van der Waals surface area contributed by atoms with Crippen LogP contribution in [-0.2, 0) is 0 Å². The Kier molecular flexibility index (Phi) is 2.56. The molecule has 21 heavy (non-hydrogen) atoms. The third-order valence-electron chi connectivity index (χ3n) is 4.52. The van der Waals surface area contributed by atoms with E-state index in [0.717, 1.165) is 0 Å². The molecule has 4 rings (SSSR count). The van der Waals surface area contributed by atoms with Crippen LogP contribution < -0.4 is 0 Å². The van der Waals surface area contributed by atoms with Gasteiger partial charge in [-0.15, -0.1) is 0 Å². The molecule has 0 nitrogen and oxygen atoms in total. The first-order valence-electron chi connectivity index (χ1n) is 7.47. The van der Waals surface area contributed by atoms with Crippen LogP contribution in [0.5, 0.6) is 0 Å². The molecule has 0 spiro atoms. The summed E-state index contributed by atoms with van der Waals surface area (Å²) in [4.78, 5) is 0. The first-order valence-corrected chi connectivity index (χ1v) is 7.47. The lowest BCUT2D eigenvalue weighted by atomic mass is 9.91. The zero-order chi connectivity index (χ0) is 14.6. The Morgan fingerprint density at radius 1 is 0.571 bits per heavy atom. The van der Waals surface area contributed by atoms with Crippen LogP contribution in [0.15, 0.2) is 54.6 Å². The van der Waals surface area contributed by atoms with Crippen LogP contribution in [0.2, 0.25) is 0 Å². The molecule has 0 heterocycles. The average molecular weight is 270 g/mol. The van der Waals surface area contributed by atoms with Gasteiger partial charge in [-0.1, -0.05) is 60.2 Å². The third kappa shape index (κ3) is 1.76. The van der Waals surface area contributed by atoms with Crippen molar-refractivity contribution in [3.05, 3.63) is 71.3 Å². The lowest BCUT2D eigenvalue weighted by molar-refractivity contribution is 1.48. The van der Waals surface area contributed by atoms with E-state index in [1.54, 1.807) is 0 Å². The number of benzene rings is 4. The molecule has 0 radical (unpaired) electrons. The number of hydrogen-bond acceptors (Lipinski definition) is 0. The molecule has 0 amide bonds. The smallest absolute Gasteiger partial charge is 0.00264 e. The summed E-state index contributed by atoms with van der Waals surface area (Å²) in [7, 11) is 0. The van der Waals surface area contributed by atoms with Gasteiger partial charge in [0.25, 0.3) is 0 Å². The SMILES string of the molecule is Cc1ccc2c(c1)c(C)cc1cc(C)c3ccccc3c12. The molecule has 0 aliphatic carbocycles. The van der Waals surface area contributed by atoms with Crippen molar-refractivity contribution in [2.24, 2.45) is 0 Å². The molecule has 0 fully saturated rings. The van der Waals surface area contributed by atoms with Gasteiger partial charge in [-0.05, 0) is 64.2 Å². The van der Waals surface area contributed by atoms with Crippen LogP contribution >= 0.6 is 0 Å². The number of rotatable bonds is 0. The van der Waals surface area contributed by atoms with Gasteiger partial charge in [0, 0.05) is 0 Å². The molecule has 102 valence electrons. The summed E-state index contributed by atoms with van der Waals surface area (Å²) in [6.07, 6.45) is 0. The molecule has 0 heteroatoms. The summed E-state index contributed by atoms with van der Waals surface area (Å²) < 4.78 is 0. The highest BCUT2D eigenvalue weighted by Crippen LogP contribution is 2.35. The second kappa shape index (κ2) is 4.33. The zero-order valence-corrected chi connectivity index (χ0v) is 12.7. The van der Waals surface area contributed by atoms with Crippen LogP contribution in [0.1, 0.15) is 16.7 Å². The second-order valence-corrected chi connectivity index (χ2v) is 6.08. The number of hydrogen-bond donors (Lipinski definition) is 0. The maximum Gasteiger partial charge on any atom is -0.00264 e. The molecule has 0 atom stereocenters. The fourth-order valence-electron chi connectivity index (χ4n) is 3.51. The van der Waals surface area contributed by atoms with Crippen molar-refractivity contribution >= 4 is 32.3 Å². The maximum absolute atomic E-state index is 2.33. The number of aryl methyl sites for hydroxylation is 3. The monoisotopic (exact) mass is 270 g/mol. The van der Waals surface area contributed by atoms with E-state index < -0.39 is 0 Å². The first kappa shape index (κ1) is 12.4. The predicted molar refractivity (Wildman–Crippen MR) is 93.2 cm³/mol. The molecule has 0 saturated carbocycles. The second-order valence-electron chi connectivity index (χ2n) is 6.08. The van der Waals surface area contributed by atoms with E-state index in [0.29, 0.717) is 0 Å². The van der Waals surface area contributed by atoms with Gasteiger partial charge in [0.15, 0.2) is 0 Å². The molecule has 0 N–H and O–H groups in total. The molecule has 0 aliphatic rings. The molecular weight excluding hydrogens is 252 g/mol. The van der Waals surface area contributed by atoms with Crippen molar-refractivity contribution < 1.29 is 0 Å². The lowest BCUT2D eigenvalue weighted by Gasteiger charge is -2.13. The van der Waals surface area contributed by atoms with Crippen molar-refractivity contribution in [2.75, 3.05) is 0 Å². The van der Waals surface area contributed by atoms with E-state index in [1.165, 1.54) is 49.0 Å². The molecule has 4 aromatic rings. The topological polar surface area (TPSA) is 0 Å². The average Bonchev–Trinajstić information content (AvgIpc) is 2.48. The van der Waals surface area contributed by atoms with E-state index in [-0.39, 0.29) is 0 Å². The minimum absolute atomic E-state index is 1.32. The van der Waals surface area contributed by atoms with E-state index in [2.05, 4.69) is 75.4 Å². The van der Waals surface area contributed by atoms with E-state index in [1.807, 2.05) is 0 Å². The van der Waals surface area contributed by atoms with Crippen LogP contribution in [0.25, 0.3) is 32.3 Å². The Labute approximate surface area is 125 Å². The minimum Gasteiger partial charge on any atom is -0.0616 e. The number of fused-ring (bicyclic) bond motifs is 5. The maximum atomic E-state index is 2.33. The highest BCUT2D eigenvalue weighted by atomic mass is 14.1. The van der Waals surface area contributed by atoms with Gasteiger partial charge in [-0.2, -0.15) is 0 Å². The highest BCUT2D eigenvalue weighted by Gasteiger charge is 2.09. The summed E-state index contributed by atoms with van der Waals surface area (Å²) in [5.41, 5.74) is 4.03. The van der Waals surface area contributed by atoms with Gasteiger partial charge >= 0.3 is 0 Å². The molecular formula is C21H18. The molecule has 0 aromatic heterocycles. The van der Waals surface area contributed by atoms with Gasteiger partial charge in [-0.25, -0.2) is 0 Å². The van der Waals surface area contributed by atoms with Crippen LogP contribution in [0, 0.1) is 20.8 Å². The zero-order valence-electron chi connectivity index (χ0n) is 12.7. The highest BCUT2D eigenvalue weighted by molar-refractivity contribution is 6.21. The van der Waals surface area contributed by atoms with Crippen LogP contribution in [-0.4, -0.2) is 0 Å². The Hall–Kier alpha value is -2.34.